The molecule has 0 aromatic heterocycles. The molecule has 98 valence electrons. The predicted octanol–water partition coefficient (Wildman–Crippen LogP) is 1.45. The molecule has 0 unspecified atom stereocenters. The van der Waals surface area contributed by atoms with Gasteiger partial charge in [-0.05, 0) is 24.1 Å². The van der Waals surface area contributed by atoms with Crippen LogP contribution in [0.4, 0.5) is 10.1 Å². The van der Waals surface area contributed by atoms with Gasteiger partial charge in [-0.2, -0.15) is 0 Å². The van der Waals surface area contributed by atoms with Crippen LogP contribution < -0.4 is 11.1 Å². The van der Waals surface area contributed by atoms with Gasteiger partial charge in [-0.15, -0.1) is 0 Å². The summed E-state index contributed by atoms with van der Waals surface area (Å²) < 4.78 is 13.0. The van der Waals surface area contributed by atoms with E-state index in [1.165, 1.54) is 0 Å². The van der Waals surface area contributed by atoms with Crippen LogP contribution in [0.1, 0.15) is 24.2 Å². The molecule has 4 N–H and O–H groups in total. The van der Waals surface area contributed by atoms with Crippen molar-refractivity contribution in [2.45, 2.75) is 19.9 Å². The van der Waals surface area contributed by atoms with E-state index < -0.39 is 23.7 Å². The maximum atomic E-state index is 13.0. The van der Waals surface area contributed by atoms with Crippen LogP contribution >= 0.6 is 0 Å². The lowest BCUT2D eigenvalue weighted by Crippen LogP contribution is -2.40. The van der Waals surface area contributed by atoms with Crippen LogP contribution in [0.25, 0.3) is 0 Å². The number of hydrogen-bond donors (Lipinski definition) is 3. The third-order valence-electron chi connectivity index (χ3n) is 2.49. The van der Waals surface area contributed by atoms with E-state index in [2.05, 4.69) is 5.32 Å². The Kier molecular flexibility index (Phi) is 4.38. The van der Waals surface area contributed by atoms with E-state index in [-0.39, 0.29) is 17.2 Å². The number of nitrogens with one attached hydrogen (secondary N) is 1. The molecule has 0 bridgehead atoms. The van der Waals surface area contributed by atoms with Crippen molar-refractivity contribution in [1.82, 2.24) is 0 Å². The Balaban J connectivity index is 2.99. The van der Waals surface area contributed by atoms with E-state index in [1.54, 1.807) is 13.8 Å². The number of carboxylic acid groups (broad SMARTS) is 1. The molecule has 1 atom stereocenters. The number of hydrogen-bond acceptors (Lipinski definition) is 3. The monoisotopic (exact) mass is 254 g/mol. The molecule has 0 spiro atoms. The minimum Gasteiger partial charge on any atom is -0.478 e. The number of rotatable bonds is 4. The van der Waals surface area contributed by atoms with Crippen molar-refractivity contribution in [2.24, 2.45) is 11.7 Å². The summed E-state index contributed by atoms with van der Waals surface area (Å²) >= 11 is 0. The summed E-state index contributed by atoms with van der Waals surface area (Å²) in [5, 5.41) is 11.2. The van der Waals surface area contributed by atoms with Gasteiger partial charge in [-0.25, -0.2) is 9.18 Å². The summed E-state index contributed by atoms with van der Waals surface area (Å²) in [7, 11) is 0. The molecular weight excluding hydrogens is 239 g/mol. The molecule has 0 radical (unpaired) electrons. The highest BCUT2D eigenvalue weighted by Crippen LogP contribution is 2.18. The van der Waals surface area contributed by atoms with E-state index >= 15 is 0 Å². The van der Waals surface area contributed by atoms with Gasteiger partial charge in [-0.1, -0.05) is 13.8 Å². The minimum atomic E-state index is -1.25. The normalized spacial score (nSPS) is 12.3. The summed E-state index contributed by atoms with van der Waals surface area (Å²) in [5.74, 6) is -2.53. The molecule has 1 aromatic rings. The zero-order valence-corrected chi connectivity index (χ0v) is 10.1. The Morgan fingerprint density at radius 2 is 2.00 bits per heavy atom. The maximum absolute atomic E-state index is 13.0. The highest BCUT2D eigenvalue weighted by Gasteiger charge is 2.20. The highest BCUT2D eigenvalue weighted by atomic mass is 19.1. The number of carboxylic acids is 1. The second-order valence-corrected chi connectivity index (χ2v) is 4.25. The molecule has 18 heavy (non-hydrogen) atoms. The Hall–Kier alpha value is -1.95. The predicted molar refractivity (Wildman–Crippen MR) is 64.8 cm³/mol. The largest absolute Gasteiger partial charge is 0.478 e. The van der Waals surface area contributed by atoms with Crippen LogP contribution in [0.5, 0.6) is 0 Å². The number of carbonyl (C=O) groups excluding carboxylic acids is 1. The number of carbonyl (C=O) groups is 2. The lowest BCUT2D eigenvalue weighted by Gasteiger charge is -2.16. The molecule has 1 rings (SSSR count). The number of aromatic carboxylic acids is 1. The summed E-state index contributed by atoms with van der Waals surface area (Å²) in [6, 6.07) is 2.28. The van der Waals surface area contributed by atoms with Crippen LogP contribution in [0.2, 0.25) is 0 Å². The molecule has 0 saturated carbocycles. The first-order valence-corrected chi connectivity index (χ1v) is 5.42. The van der Waals surface area contributed by atoms with Crippen molar-refractivity contribution in [3.05, 3.63) is 29.6 Å². The van der Waals surface area contributed by atoms with E-state index in [0.29, 0.717) is 0 Å². The zero-order chi connectivity index (χ0) is 13.9. The molecule has 5 nitrogen and oxygen atoms in total. The molecule has 0 heterocycles. The van der Waals surface area contributed by atoms with E-state index in [9.17, 15) is 14.0 Å². The van der Waals surface area contributed by atoms with Gasteiger partial charge in [0.1, 0.15) is 5.82 Å². The quantitative estimate of drug-likeness (QED) is 0.758. The van der Waals surface area contributed by atoms with Gasteiger partial charge in [0.25, 0.3) is 0 Å². The molecule has 0 aliphatic rings. The first kappa shape index (κ1) is 14.1. The Labute approximate surface area is 104 Å². The molecule has 0 aliphatic heterocycles. The second kappa shape index (κ2) is 5.59. The molecule has 1 aromatic carbocycles. The standard InChI is InChI=1S/C12H15FN2O3/c1-6(2)10(14)11(16)15-9-5-7(13)3-4-8(9)12(17)18/h3-6,10H,14H2,1-2H3,(H,15,16)(H,17,18)/t10-/m0/s1. The first-order chi connectivity index (χ1) is 8.32. The van der Waals surface area contributed by atoms with Gasteiger partial charge in [0, 0.05) is 0 Å². The average molecular weight is 254 g/mol. The SMILES string of the molecule is CC(C)[C@H](N)C(=O)Nc1cc(F)ccc1C(=O)O. The molecule has 0 aliphatic carbocycles. The van der Waals surface area contributed by atoms with Gasteiger partial charge in [-0.3, -0.25) is 4.79 Å². The van der Waals surface area contributed by atoms with Gasteiger partial charge in [0.05, 0.1) is 17.3 Å². The minimum absolute atomic E-state index is 0.0939. The van der Waals surface area contributed by atoms with Crippen molar-refractivity contribution >= 4 is 17.6 Å². The van der Waals surface area contributed by atoms with Crippen molar-refractivity contribution in [3.63, 3.8) is 0 Å². The van der Waals surface area contributed by atoms with Crippen LogP contribution in [0, 0.1) is 11.7 Å². The van der Waals surface area contributed by atoms with E-state index in [0.717, 1.165) is 18.2 Å². The maximum Gasteiger partial charge on any atom is 0.337 e. The summed E-state index contributed by atoms with van der Waals surface area (Å²) in [6.45, 7) is 3.52. The topological polar surface area (TPSA) is 92.4 Å². The van der Waals surface area contributed by atoms with E-state index in [1.807, 2.05) is 0 Å². The summed E-state index contributed by atoms with van der Waals surface area (Å²) in [5.41, 5.74) is 5.35. The summed E-state index contributed by atoms with van der Waals surface area (Å²) in [4.78, 5) is 22.6. The lowest BCUT2D eigenvalue weighted by atomic mass is 10.0. The van der Waals surface area contributed by atoms with Crippen LogP contribution in [0.15, 0.2) is 18.2 Å². The number of halogens is 1. The second-order valence-electron chi connectivity index (χ2n) is 4.25. The lowest BCUT2D eigenvalue weighted by molar-refractivity contribution is -0.118. The Morgan fingerprint density at radius 3 is 2.50 bits per heavy atom. The number of benzene rings is 1. The molecule has 0 saturated heterocycles. The van der Waals surface area contributed by atoms with Gasteiger partial charge >= 0.3 is 5.97 Å². The Morgan fingerprint density at radius 1 is 1.39 bits per heavy atom. The van der Waals surface area contributed by atoms with Crippen LogP contribution in [-0.4, -0.2) is 23.0 Å². The van der Waals surface area contributed by atoms with Crippen molar-refractivity contribution < 1.29 is 19.1 Å². The fourth-order valence-corrected chi connectivity index (χ4v) is 1.33. The summed E-state index contributed by atoms with van der Waals surface area (Å²) in [6.07, 6.45) is 0. The molecule has 6 heteroatoms. The number of nitrogens with two attached hydrogens (primary N) is 1. The Bertz CT molecular complexity index is 474. The number of amides is 1. The van der Waals surface area contributed by atoms with Crippen molar-refractivity contribution in [3.8, 4) is 0 Å². The first-order valence-electron chi connectivity index (χ1n) is 5.42. The molecule has 0 fully saturated rings. The van der Waals surface area contributed by atoms with Crippen molar-refractivity contribution in [1.29, 1.82) is 0 Å². The van der Waals surface area contributed by atoms with Crippen LogP contribution in [0.3, 0.4) is 0 Å². The third-order valence-corrected chi connectivity index (χ3v) is 2.49. The van der Waals surface area contributed by atoms with Gasteiger partial charge in [0.15, 0.2) is 0 Å². The van der Waals surface area contributed by atoms with Gasteiger partial charge < -0.3 is 16.2 Å². The smallest absolute Gasteiger partial charge is 0.337 e. The third kappa shape index (κ3) is 3.27. The van der Waals surface area contributed by atoms with Gasteiger partial charge in [0.2, 0.25) is 5.91 Å². The molecular formula is C12H15FN2O3. The molecule has 1 amide bonds. The number of anilines is 1. The van der Waals surface area contributed by atoms with Crippen LogP contribution in [-0.2, 0) is 4.79 Å². The highest BCUT2D eigenvalue weighted by molar-refractivity contribution is 6.02. The van der Waals surface area contributed by atoms with E-state index in [4.69, 9.17) is 10.8 Å². The average Bonchev–Trinajstić information content (AvgIpc) is 2.27. The van der Waals surface area contributed by atoms with Crippen molar-refractivity contribution in [2.75, 3.05) is 5.32 Å². The fraction of sp³-hybridized carbons (Fsp3) is 0.333. The zero-order valence-electron chi connectivity index (χ0n) is 10.1. The fourth-order valence-electron chi connectivity index (χ4n) is 1.33.